The molecule has 0 fully saturated rings. The van der Waals surface area contributed by atoms with Crippen LogP contribution in [-0.2, 0) is 4.79 Å². The summed E-state index contributed by atoms with van der Waals surface area (Å²) in [6.07, 6.45) is 2.00. The van der Waals surface area contributed by atoms with Crippen molar-refractivity contribution in [1.29, 1.82) is 0 Å². The van der Waals surface area contributed by atoms with E-state index in [0.717, 1.165) is 12.5 Å². The molecule has 0 spiro atoms. The lowest BCUT2D eigenvalue weighted by molar-refractivity contribution is -0.138. The quantitative estimate of drug-likeness (QED) is 0.805. The monoisotopic (exact) mass is 336 g/mol. The number of halogens is 1. The lowest BCUT2D eigenvalue weighted by atomic mass is 9.84. The van der Waals surface area contributed by atoms with E-state index in [0.29, 0.717) is 18.2 Å². The van der Waals surface area contributed by atoms with E-state index in [9.17, 15) is 19.1 Å². The number of carboxylic acids is 1. The van der Waals surface area contributed by atoms with Crippen molar-refractivity contribution < 1.29 is 18.7 Å². The Kier molecular flexibility index (Phi) is 5.21. The van der Waals surface area contributed by atoms with E-state index in [4.69, 9.17) is 4.42 Å². The van der Waals surface area contributed by atoms with Gasteiger partial charge in [0.1, 0.15) is 23.3 Å². The van der Waals surface area contributed by atoms with Crippen LogP contribution in [0.4, 0.5) is 10.2 Å². The number of nitrogens with zero attached hydrogens (tertiary/aromatic N) is 1. The molecule has 1 unspecified atom stereocenters. The third kappa shape index (κ3) is 4.31. The first-order valence-electron chi connectivity index (χ1n) is 7.81. The topological polar surface area (TPSA) is 92.4 Å². The average molecular weight is 336 g/mol. The predicted molar refractivity (Wildman–Crippen MR) is 88.6 cm³/mol. The molecule has 0 saturated heterocycles. The first-order valence-corrected chi connectivity index (χ1v) is 7.81. The highest BCUT2D eigenvalue weighted by Gasteiger charge is 2.24. The van der Waals surface area contributed by atoms with Crippen LogP contribution in [0.3, 0.4) is 0 Å². The van der Waals surface area contributed by atoms with Gasteiger partial charge in [-0.2, -0.15) is 4.98 Å². The van der Waals surface area contributed by atoms with Crippen molar-refractivity contribution in [2.75, 3.05) is 5.32 Å². The zero-order chi connectivity index (χ0) is 17.9. The van der Waals surface area contributed by atoms with Gasteiger partial charge < -0.3 is 14.8 Å². The number of carbonyl (C=O) groups is 1. The number of benzene rings is 1. The van der Waals surface area contributed by atoms with Gasteiger partial charge in [-0.1, -0.05) is 27.2 Å². The number of anilines is 1. The molecule has 1 atom stereocenters. The van der Waals surface area contributed by atoms with Crippen LogP contribution in [0.15, 0.2) is 27.4 Å². The molecule has 1 aromatic carbocycles. The van der Waals surface area contributed by atoms with Gasteiger partial charge in [0.15, 0.2) is 0 Å². The molecule has 0 saturated carbocycles. The minimum Gasteiger partial charge on any atom is -0.480 e. The van der Waals surface area contributed by atoms with E-state index in [1.54, 1.807) is 0 Å². The highest BCUT2D eigenvalue weighted by atomic mass is 19.1. The van der Waals surface area contributed by atoms with Gasteiger partial charge >= 0.3 is 11.7 Å². The highest BCUT2D eigenvalue weighted by Crippen LogP contribution is 2.28. The second-order valence-corrected chi connectivity index (χ2v) is 6.56. The molecule has 1 aromatic heterocycles. The molecule has 1 heterocycles. The second kappa shape index (κ2) is 6.98. The van der Waals surface area contributed by atoms with E-state index in [2.05, 4.69) is 31.1 Å². The molecule has 130 valence electrons. The van der Waals surface area contributed by atoms with Gasteiger partial charge in [0.05, 0.1) is 5.39 Å². The van der Waals surface area contributed by atoms with Crippen molar-refractivity contribution in [3.05, 3.63) is 34.6 Å². The van der Waals surface area contributed by atoms with Crippen molar-refractivity contribution in [3.63, 3.8) is 0 Å². The van der Waals surface area contributed by atoms with Gasteiger partial charge in [-0.15, -0.1) is 0 Å². The van der Waals surface area contributed by atoms with Crippen molar-refractivity contribution in [3.8, 4) is 0 Å². The van der Waals surface area contributed by atoms with Gasteiger partial charge in [0.25, 0.3) is 0 Å². The van der Waals surface area contributed by atoms with Crippen LogP contribution in [-0.4, -0.2) is 22.1 Å². The lowest BCUT2D eigenvalue weighted by Crippen LogP contribution is -2.32. The molecule has 0 aliphatic heterocycles. The molecule has 0 bridgehead atoms. The smallest absolute Gasteiger partial charge is 0.441 e. The zero-order valence-electron chi connectivity index (χ0n) is 13.9. The van der Waals surface area contributed by atoms with Gasteiger partial charge in [-0.25, -0.2) is 14.0 Å². The standard InChI is InChI=1S/C17H21FN2O4/c1-4-17(2,3)8-7-12(15(21)22)19-14-11-6-5-10(18)9-13(11)24-16(23)20-14/h5-6,9,12H,4,7-8H2,1-3H3,(H,21,22)(H,19,20,23). The summed E-state index contributed by atoms with van der Waals surface area (Å²) in [4.78, 5) is 26.8. The Morgan fingerprint density at radius 3 is 2.79 bits per heavy atom. The fourth-order valence-corrected chi connectivity index (χ4v) is 2.29. The summed E-state index contributed by atoms with van der Waals surface area (Å²) in [6, 6.07) is 2.76. The van der Waals surface area contributed by atoms with Gasteiger partial charge in [0, 0.05) is 6.07 Å². The maximum atomic E-state index is 13.3. The molecule has 0 amide bonds. The minimum atomic E-state index is -1.03. The molecule has 2 aromatic rings. The lowest BCUT2D eigenvalue weighted by Gasteiger charge is -2.25. The fourth-order valence-electron chi connectivity index (χ4n) is 2.29. The van der Waals surface area contributed by atoms with Crippen LogP contribution in [0.1, 0.15) is 40.0 Å². The van der Waals surface area contributed by atoms with Crippen LogP contribution in [0.2, 0.25) is 0 Å². The zero-order valence-corrected chi connectivity index (χ0v) is 13.9. The number of carboxylic acid groups (broad SMARTS) is 1. The van der Waals surface area contributed by atoms with E-state index < -0.39 is 23.6 Å². The summed E-state index contributed by atoms with van der Waals surface area (Å²) in [7, 11) is 0. The van der Waals surface area contributed by atoms with Gasteiger partial charge in [0.2, 0.25) is 0 Å². The Balaban J connectivity index is 2.31. The van der Waals surface area contributed by atoms with E-state index in [1.807, 2.05) is 0 Å². The van der Waals surface area contributed by atoms with Gasteiger partial charge in [-0.05, 0) is 30.4 Å². The predicted octanol–water partition coefficient (Wildman–Crippen LogP) is 3.41. The van der Waals surface area contributed by atoms with Crippen molar-refractivity contribution in [2.24, 2.45) is 5.41 Å². The Bertz CT molecular complexity index is 801. The largest absolute Gasteiger partial charge is 0.480 e. The first kappa shape index (κ1) is 17.9. The Morgan fingerprint density at radius 2 is 2.17 bits per heavy atom. The highest BCUT2D eigenvalue weighted by molar-refractivity contribution is 5.89. The normalized spacial score (nSPS) is 13.0. The molecule has 24 heavy (non-hydrogen) atoms. The maximum absolute atomic E-state index is 13.3. The van der Waals surface area contributed by atoms with Crippen LogP contribution < -0.4 is 11.1 Å². The van der Waals surface area contributed by atoms with E-state index >= 15 is 0 Å². The van der Waals surface area contributed by atoms with Crippen molar-refractivity contribution >= 4 is 22.8 Å². The van der Waals surface area contributed by atoms with Crippen molar-refractivity contribution in [2.45, 2.75) is 46.1 Å². The summed E-state index contributed by atoms with van der Waals surface area (Å²) in [6.45, 7) is 6.19. The van der Waals surface area contributed by atoms with Crippen LogP contribution >= 0.6 is 0 Å². The number of hydrogen-bond donors (Lipinski definition) is 2. The fraction of sp³-hybridized carbons (Fsp3) is 0.471. The second-order valence-electron chi connectivity index (χ2n) is 6.56. The molecule has 0 aliphatic carbocycles. The van der Waals surface area contributed by atoms with Crippen molar-refractivity contribution in [1.82, 2.24) is 4.98 Å². The number of fused-ring (bicyclic) bond motifs is 1. The van der Waals surface area contributed by atoms with E-state index in [1.165, 1.54) is 12.1 Å². The van der Waals surface area contributed by atoms with Crippen LogP contribution in [0.5, 0.6) is 0 Å². The van der Waals surface area contributed by atoms with Crippen LogP contribution in [0, 0.1) is 11.2 Å². The third-order valence-electron chi connectivity index (χ3n) is 4.28. The molecule has 7 heteroatoms. The Morgan fingerprint density at radius 1 is 1.46 bits per heavy atom. The number of aliphatic carboxylic acids is 1. The average Bonchev–Trinajstić information content (AvgIpc) is 2.50. The molecular formula is C17H21FN2O4. The number of hydrogen-bond acceptors (Lipinski definition) is 5. The number of aromatic nitrogens is 1. The SMILES string of the molecule is CCC(C)(C)CCC(Nc1nc(=O)oc2cc(F)ccc12)C(=O)O. The molecule has 0 radical (unpaired) electrons. The van der Waals surface area contributed by atoms with Crippen LogP contribution in [0.25, 0.3) is 11.0 Å². The molecule has 0 aliphatic rings. The Hall–Kier alpha value is -2.44. The molecule has 6 nitrogen and oxygen atoms in total. The first-order chi connectivity index (χ1) is 11.2. The molecular weight excluding hydrogens is 315 g/mol. The summed E-state index contributed by atoms with van der Waals surface area (Å²) < 4.78 is 18.1. The Labute approximate surface area is 138 Å². The molecule has 2 N–H and O–H groups in total. The maximum Gasteiger partial charge on any atom is 0.441 e. The minimum absolute atomic E-state index is 0.0176. The number of rotatable bonds is 7. The van der Waals surface area contributed by atoms with E-state index in [-0.39, 0.29) is 16.8 Å². The summed E-state index contributed by atoms with van der Waals surface area (Å²) in [5.41, 5.74) is 0.0412. The summed E-state index contributed by atoms with van der Waals surface area (Å²) >= 11 is 0. The van der Waals surface area contributed by atoms with Gasteiger partial charge in [-0.3, -0.25) is 0 Å². The number of nitrogens with one attached hydrogen (secondary N) is 1. The molecule has 2 rings (SSSR count). The third-order valence-corrected chi connectivity index (χ3v) is 4.28. The summed E-state index contributed by atoms with van der Waals surface area (Å²) in [5.74, 6) is -2.41. The summed E-state index contributed by atoms with van der Waals surface area (Å²) in [5, 5.41) is 12.6.